The maximum absolute atomic E-state index is 12.1. The van der Waals surface area contributed by atoms with Gasteiger partial charge in [0.1, 0.15) is 4.21 Å². The van der Waals surface area contributed by atoms with Crippen molar-refractivity contribution in [1.82, 2.24) is 10.0 Å². The summed E-state index contributed by atoms with van der Waals surface area (Å²) in [7, 11) is -3.31. The molecule has 1 atom stereocenters. The lowest BCUT2D eigenvalue weighted by atomic mass is 10.0. The van der Waals surface area contributed by atoms with Gasteiger partial charge in [-0.25, -0.2) is 13.1 Å². The number of rotatable bonds is 5. The summed E-state index contributed by atoms with van der Waals surface area (Å²) < 4.78 is 27.3. The fourth-order valence-corrected chi connectivity index (χ4v) is 4.55. The van der Waals surface area contributed by atoms with Gasteiger partial charge in [-0.15, -0.1) is 11.3 Å². The molecule has 1 fully saturated rings. The van der Waals surface area contributed by atoms with Crippen molar-refractivity contribution in [2.75, 3.05) is 19.6 Å². The SMILES string of the molecule is CCc1ccc(S(=O)(=O)NCC2CCCNC2)s1. The average Bonchev–Trinajstić information content (AvgIpc) is 2.87. The Kier molecular flexibility index (Phi) is 4.77. The van der Waals surface area contributed by atoms with Gasteiger partial charge in [0.2, 0.25) is 10.0 Å². The van der Waals surface area contributed by atoms with Gasteiger partial charge in [0.05, 0.1) is 0 Å². The van der Waals surface area contributed by atoms with Crippen LogP contribution in [0.15, 0.2) is 16.3 Å². The van der Waals surface area contributed by atoms with Crippen LogP contribution in [0.1, 0.15) is 24.6 Å². The molecule has 1 aliphatic heterocycles. The molecule has 4 nitrogen and oxygen atoms in total. The molecule has 0 saturated carbocycles. The van der Waals surface area contributed by atoms with E-state index >= 15 is 0 Å². The number of hydrogen-bond acceptors (Lipinski definition) is 4. The largest absolute Gasteiger partial charge is 0.316 e. The second-order valence-corrected chi connectivity index (χ2v) is 7.80. The van der Waals surface area contributed by atoms with Crippen molar-refractivity contribution in [2.24, 2.45) is 5.92 Å². The zero-order valence-corrected chi connectivity index (χ0v) is 12.2. The summed E-state index contributed by atoms with van der Waals surface area (Å²) in [6.07, 6.45) is 3.11. The minimum Gasteiger partial charge on any atom is -0.316 e. The first kappa shape index (κ1) is 14.0. The van der Waals surface area contributed by atoms with Crippen LogP contribution in [0.3, 0.4) is 0 Å². The lowest BCUT2D eigenvalue weighted by Gasteiger charge is -2.22. The Hall–Kier alpha value is -0.430. The molecule has 1 saturated heterocycles. The Balaban J connectivity index is 1.94. The van der Waals surface area contributed by atoms with Gasteiger partial charge < -0.3 is 5.32 Å². The summed E-state index contributed by atoms with van der Waals surface area (Å²) in [5.41, 5.74) is 0. The number of nitrogens with one attached hydrogen (secondary N) is 2. The van der Waals surface area contributed by atoms with Gasteiger partial charge in [0.25, 0.3) is 0 Å². The Morgan fingerprint density at radius 3 is 2.94 bits per heavy atom. The number of piperidine rings is 1. The minimum atomic E-state index is -3.31. The highest BCUT2D eigenvalue weighted by Gasteiger charge is 2.19. The third-order valence-electron chi connectivity index (χ3n) is 3.21. The molecule has 1 aromatic heterocycles. The van der Waals surface area contributed by atoms with E-state index in [1.54, 1.807) is 6.07 Å². The molecule has 6 heteroatoms. The van der Waals surface area contributed by atoms with Gasteiger partial charge >= 0.3 is 0 Å². The Morgan fingerprint density at radius 2 is 2.33 bits per heavy atom. The first-order valence-electron chi connectivity index (χ1n) is 6.41. The molecule has 0 spiro atoms. The van der Waals surface area contributed by atoms with Crippen LogP contribution in [0.25, 0.3) is 0 Å². The van der Waals surface area contributed by atoms with Crippen molar-refractivity contribution in [3.63, 3.8) is 0 Å². The van der Waals surface area contributed by atoms with Crippen LogP contribution in [0.4, 0.5) is 0 Å². The molecule has 2 N–H and O–H groups in total. The van der Waals surface area contributed by atoms with Crippen molar-refractivity contribution in [2.45, 2.75) is 30.4 Å². The van der Waals surface area contributed by atoms with E-state index in [2.05, 4.69) is 10.0 Å². The molecule has 2 heterocycles. The van der Waals surface area contributed by atoms with E-state index in [0.717, 1.165) is 37.2 Å². The fraction of sp³-hybridized carbons (Fsp3) is 0.667. The van der Waals surface area contributed by atoms with Gasteiger partial charge in [-0.05, 0) is 50.4 Å². The molecule has 2 rings (SSSR count). The monoisotopic (exact) mass is 288 g/mol. The lowest BCUT2D eigenvalue weighted by molar-refractivity contribution is 0.376. The molecule has 0 aromatic carbocycles. The molecule has 0 aliphatic carbocycles. The van der Waals surface area contributed by atoms with Gasteiger partial charge in [-0.3, -0.25) is 0 Å². The van der Waals surface area contributed by atoms with E-state index in [9.17, 15) is 8.42 Å². The van der Waals surface area contributed by atoms with Crippen LogP contribution in [-0.4, -0.2) is 28.1 Å². The molecule has 1 unspecified atom stereocenters. The smallest absolute Gasteiger partial charge is 0.250 e. The van der Waals surface area contributed by atoms with Crippen LogP contribution >= 0.6 is 11.3 Å². The summed E-state index contributed by atoms with van der Waals surface area (Å²) in [6.45, 7) is 4.53. The standard InChI is InChI=1S/C12H20N2O2S2/c1-2-11-5-6-12(17-11)18(15,16)14-9-10-4-3-7-13-8-10/h5-6,10,13-14H,2-4,7-9H2,1H3. The van der Waals surface area contributed by atoms with Gasteiger partial charge in [-0.2, -0.15) is 0 Å². The zero-order valence-electron chi connectivity index (χ0n) is 10.6. The van der Waals surface area contributed by atoms with Crippen LogP contribution in [0.2, 0.25) is 0 Å². The summed E-state index contributed by atoms with van der Waals surface area (Å²) >= 11 is 1.36. The highest BCUT2D eigenvalue weighted by Crippen LogP contribution is 2.22. The first-order valence-corrected chi connectivity index (χ1v) is 8.71. The van der Waals surface area contributed by atoms with Crippen molar-refractivity contribution in [1.29, 1.82) is 0 Å². The molecule has 1 aromatic rings. The maximum atomic E-state index is 12.1. The van der Waals surface area contributed by atoms with Crippen LogP contribution < -0.4 is 10.0 Å². The fourth-order valence-electron chi connectivity index (χ4n) is 2.09. The lowest BCUT2D eigenvalue weighted by Crippen LogP contribution is -2.37. The van der Waals surface area contributed by atoms with E-state index in [1.807, 2.05) is 13.0 Å². The summed E-state index contributed by atoms with van der Waals surface area (Å²) in [6, 6.07) is 3.59. The van der Waals surface area contributed by atoms with Crippen molar-refractivity contribution < 1.29 is 8.42 Å². The molecular formula is C12H20N2O2S2. The molecule has 0 amide bonds. The molecule has 102 valence electrons. The van der Waals surface area contributed by atoms with E-state index < -0.39 is 10.0 Å². The molecule has 1 aliphatic rings. The van der Waals surface area contributed by atoms with Gasteiger partial charge in [0, 0.05) is 11.4 Å². The third-order valence-corrected chi connectivity index (χ3v) is 6.36. The summed E-state index contributed by atoms with van der Waals surface area (Å²) in [5, 5.41) is 3.29. The van der Waals surface area contributed by atoms with E-state index in [1.165, 1.54) is 11.3 Å². The first-order chi connectivity index (χ1) is 8.62. The number of sulfonamides is 1. The minimum absolute atomic E-state index is 0.416. The molecule has 18 heavy (non-hydrogen) atoms. The second-order valence-electron chi connectivity index (χ2n) is 4.64. The Bertz CT molecular complexity index is 476. The van der Waals surface area contributed by atoms with Crippen molar-refractivity contribution in [3.8, 4) is 0 Å². The third kappa shape index (κ3) is 3.54. The molecule has 0 bridgehead atoms. The number of aryl methyl sites for hydroxylation is 1. The van der Waals surface area contributed by atoms with E-state index in [4.69, 9.17) is 0 Å². The average molecular weight is 288 g/mol. The normalized spacial score (nSPS) is 21.1. The Morgan fingerprint density at radius 1 is 1.50 bits per heavy atom. The molecular weight excluding hydrogens is 268 g/mol. The van der Waals surface area contributed by atoms with Gasteiger partial charge in [-0.1, -0.05) is 6.92 Å². The molecule has 0 radical (unpaired) electrons. The van der Waals surface area contributed by atoms with Crippen LogP contribution in [-0.2, 0) is 16.4 Å². The van der Waals surface area contributed by atoms with Crippen molar-refractivity contribution >= 4 is 21.4 Å². The summed E-state index contributed by atoms with van der Waals surface area (Å²) in [5.74, 6) is 0.416. The predicted molar refractivity (Wildman–Crippen MR) is 74.5 cm³/mol. The van der Waals surface area contributed by atoms with Crippen LogP contribution in [0.5, 0.6) is 0 Å². The maximum Gasteiger partial charge on any atom is 0.250 e. The zero-order chi connectivity index (χ0) is 13.0. The van der Waals surface area contributed by atoms with E-state index in [-0.39, 0.29) is 0 Å². The highest BCUT2D eigenvalue weighted by atomic mass is 32.2. The summed E-state index contributed by atoms with van der Waals surface area (Å²) in [4.78, 5) is 1.11. The highest BCUT2D eigenvalue weighted by molar-refractivity contribution is 7.91. The van der Waals surface area contributed by atoms with Crippen LogP contribution in [0, 0.1) is 5.92 Å². The van der Waals surface area contributed by atoms with Crippen molar-refractivity contribution in [3.05, 3.63) is 17.0 Å². The number of hydrogen-bond donors (Lipinski definition) is 2. The Labute approximate surface area is 113 Å². The quantitative estimate of drug-likeness (QED) is 0.865. The number of thiophene rings is 1. The second kappa shape index (κ2) is 6.14. The topological polar surface area (TPSA) is 58.2 Å². The predicted octanol–water partition coefficient (Wildman–Crippen LogP) is 1.59. The van der Waals surface area contributed by atoms with E-state index in [0.29, 0.717) is 16.7 Å². The van der Waals surface area contributed by atoms with Gasteiger partial charge in [0.15, 0.2) is 0 Å².